The Balaban J connectivity index is 1.44. The van der Waals surface area contributed by atoms with Crippen molar-refractivity contribution in [2.45, 2.75) is 32.4 Å². The Kier molecular flexibility index (Phi) is 6.14. The van der Waals surface area contributed by atoms with E-state index in [0.717, 1.165) is 10.6 Å². The van der Waals surface area contributed by atoms with Crippen molar-refractivity contribution in [2.75, 3.05) is 23.4 Å². The Morgan fingerprint density at radius 1 is 1.42 bits per heavy atom. The van der Waals surface area contributed by atoms with Gasteiger partial charge in [-0.15, -0.1) is 0 Å². The minimum atomic E-state index is -2.55. The van der Waals surface area contributed by atoms with E-state index in [1.165, 1.54) is 29.7 Å². The van der Waals surface area contributed by atoms with Crippen molar-refractivity contribution < 1.29 is 23.1 Å². The molecule has 0 saturated carbocycles. The van der Waals surface area contributed by atoms with Gasteiger partial charge >= 0.3 is 6.03 Å². The van der Waals surface area contributed by atoms with Crippen molar-refractivity contribution in [1.82, 2.24) is 15.3 Å². The van der Waals surface area contributed by atoms with Crippen LogP contribution < -0.4 is 15.5 Å². The zero-order chi connectivity index (χ0) is 22.0. The number of fused-ring (bicyclic) bond motifs is 1. The maximum atomic E-state index is 13.0. The lowest BCUT2D eigenvalue weighted by Gasteiger charge is -2.24. The van der Waals surface area contributed by atoms with Gasteiger partial charge in [-0.1, -0.05) is 29.5 Å². The van der Waals surface area contributed by atoms with Crippen molar-refractivity contribution in [3.63, 3.8) is 0 Å². The Morgan fingerprint density at radius 3 is 3.03 bits per heavy atom. The van der Waals surface area contributed by atoms with Crippen LogP contribution in [0.25, 0.3) is 11.3 Å². The number of halogens is 2. The highest BCUT2D eigenvalue weighted by Gasteiger charge is 2.25. The number of hydrogen-bond acceptors (Lipinski definition) is 7. The van der Waals surface area contributed by atoms with Gasteiger partial charge in [-0.3, -0.25) is 5.32 Å². The number of aromatic nitrogens is 2. The number of urea groups is 1. The lowest BCUT2D eigenvalue weighted by Crippen LogP contribution is -2.38. The number of oxazole rings is 1. The first kappa shape index (κ1) is 21.2. The topological polar surface area (TPSA) is 104 Å². The quantitative estimate of drug-likeness (QED) is 0.529. The van der Waals surface area contributed by atoms with Crippen LogP contribution in [0.2, 0.25) is 0 Å². The van der Waals surface area contributed by atoms with Crippen molar-refractivity contribution in [1.29, 1.82) is 0 Å². The number of nitrogens with one attached hydrogen (secondary N) is 2. The van der Waals surface area contributed by atoms with Crippen LogP contribution in [0.5, 0.6) is 0 Å². The number of amides is 2. The van der Waals surface area contributed by atoms with Crippen molar-refractivity contribution in [2.24, 2.45) is 0 Å². The molecule has 0 radical (unpaired) electrons. The SMILES string of the molecule is C[C@H](CO)NC(=O)Nc1nc2c(s1)CN(c1ncc(-c3cccc(C(F)F)c3)o1)CC2. The van der Waals surface area contributed by atoms with E-state index in [1.54, 1.807) is 19.1 Å². The highest BCUT2D eigenvalue weighted by Crippen LogP contribution is 2.33. The van der Waals surface area contributed by atoms with Crippen LogP contribution in [-0.2, 0) is 13.0 Å². The molecule has 0 saturated heterocycles. The number of anilines is 2. The fraction of sp³-hybridized carbons (Fsp3) is 0.350. The van der Waals surface area contributed by atoms with Gasteiger partial charge < -0.3 is 19.7 Å². The minimum absolute atomic E-state index is 0.0693. The third-order valence-corrected chi connectivity index (χ3v) is 5.79. The molecule has 1 atom stereocenters. The van der Waals surface area contributed by atoms with E-state index in [0.29, 0.717) is 42.0 Å². The van der Waals surface area contributed by atoms with E-state index in [2.05, 4.69) is 20.6 Å². The number of carbonyl (C=O) groups excluding carboxylic acids is 1. The number of hydrogen-bond donors (Lipinski definition) is 3. The highest BCUT2D eigenvalue weighted by molar-refractivity contribution is 7.15. The number of thiazole rings is 1. The molecule has 3 aromatic rings. The summed E-state index contributed by atoms with van der Waals surface area (Å²) >= 11 is 1.37. The molecular weight excluding hydrogens is 428 g/mol. The monoisotopic (exact) mass is 449 g/mol. The zero-order valence-electron chi connectivity index (χ0n) is 16.6. The van der Waals surface area contributed by atoms with Gasteiger partial charge in [-0.25, -0.2) is 23.5 Å². The Hall–Kier alpha value is -3.05. The number of benzene rings is 1. The van der Waals surface area contributed by atoms with Gasteiger partial charge in [0.05, 0.1) is 31.1 Å². The molecule has 11 heteroatoms. The van der Waals surface area contributed by atoms with Crippen molar-refractivity contribution in [3.05, 3.63) is 46.6 Å². The molecule has 2 aromatic heterocycles. The lowest BCUT2D eigenvalue weighted by atomic mass is 10.1. The molecule has 0 aliphatic carbocycles. The third-order valence-electron chi connectivity index (χ3n) is 4.79. The van der Waals surface area contributed by atoms with E-state index in [4.69, 9.17) is 9.52 Å². The Labute approximate surface area is 180 Å². The predicted molar refractivity (Wildman–Crippen MR) is 112 cm³/mol. The summed E-state index contributed by atoms with van der Waals surface area (Å²) in [6.45, 7) is 2.68. The molecule has 31 heavy (non-hydrogen) atoms. The summed E-state index contributed by atoms with van der Waals surface area (Å²) in [7, 11) is 0. The average Bonchev–Trinajstić information content (AvgIpc) is 3.39. The fourth-order valence-corrected chi connectivity index (χ4v) is 4.21. The summed E-state index contributed by atoms with van der Waals surface area (Å²) in [5, 5.41) is 14.8. The van der Waals surface area contributed by atoms with Crippen LogP contribution in [0.15, 0.2) is 34.9 Å². The maximum Gasteiger partial charge on any atom is 0.321 e. The van der Waals surface area contributed by atoms with Gasteiger partial charge in [-0.05, 0) is 13.0 Å². The molecule has 0 unspecified atom stereocenters. The molecule has 0 bridgehead atoms. The van der Waals surface area contributed by atoms with Gasteiger partial charge in [0.1, 0.15) is 0 Å². The van der Waals surface area contributed by atoms with E-state index >= 15 is 0 Å². The van der Waals surface area contributed by atoms with Crippen LogP contribution >= 0.6 is 11.3 Å². The standard InChI is InChI=1S/C20H21F2N5O3S/c1-11(10-28)24-18(29)26-19-25-14-5-6-27(9-16(14)31-19)20-23-8-15(30-20)12-3-2-4-13(7-12)17(21)22/h2-4,7-8,11,17,28H,5-6,9-10H2,1H3,(H2,24,25,26,29)/t11-/m1/s1. The molecule has 3 heterocycles. The molecule has 164 valence electrons. The number of aliphatic hydroxyl groups is 1. The van der Waals surface area contributed by atoms with Crippen LogP contribution in [0, 0.1) is 0 Å². The molecule has 2 amide bonds. The van der Waals surface area contributed by atoms with E-state index in [-0.39, 0.29) is 18.2 Å². The first-order valence-electron chi connectivity index (χ1n) is 9.69. The highest BCUT2D eigenvalue weighted by atomic mass is 32.1. The second kappa shape index (κ2) is 8.98. The summed E-state index contributed by atoms with van der Waals surface area (Å²) < 4.78 is 31.8. The Morgan fingerprint density at radius 2 is 2.26 bits per heavy atom. The molecular formula is C20H21F2N5O3S. The molecule has 4 rings (SSSR count). The molecule has 1 aliphatic rings. The van der Waals surface area contributed by atoms with Crippen LogP contribution in [-0.4, -0.2) is 40.3 Å². The number of aliphatic hydroxyl groups excluding tert-OH is 1. The Bertz CT molecular complexity index is 1070. The third kappa shape index (κ3) is 4.83. The number of carbonyl (C=O) groups is 1. The molecule has 3 N–H and O–H groups in total. The van der Waals surface area contributed by atoms with Crippen LogP contribution in [0.3, 0.4) is 0 Å². The second-order valence-corrected chi connectivity index (χ2v) is 8.26. The zero-order valence-corrected chi connectivity index (χ0v) is 17.5. The fourth-order valence-electron chi connectivity index (χ4n) is 3.19. The van der Waals surface area contributed by atoms with Gasteiger partial charge in [0, 0.05) is 29.0 Å². The van der Waals surface area contributed by atoms with E-state index < -0.39 is 12.5 Å². The molecule has 0 spiro atoms. The van der Waals surface area contributed by atoms with Gasteiger partial charge in [0.2, 0.25) is 0 Å². The smallest absolute Gasteiger partial charge is 0.321 e. The predicted octanol–water partition coefficient (Wildman–Crippen LogP) is 3.80. The molecule has 8 nitrogen and oxygen atoms in total. The van der Waals surface area contributed by atoms with Gasteiger partial charge in [0.15, 0.2) is 10.9 Å². The molecule has 1 aliphatic heterocycles. The van der Waals surface area contributed by atoms with E-state index in [9.17, 15) is 13.6 Å². The summed E-state index contributed by atoms with van der Waals surface area (Å²) in [6.07, 6.45) is -0.367. The van der Waals surface area contributed by atoms with Crippen molar-refractivity contribution in [3.8, 4) is 11.3 Å². The first-order valence-corrected chi connectivity index (χ1v) is 10.5. The van der Waals surface area contributed by atoms with Crippen LogP contribution in [0.4, 0.5) is 24.7 Å². The molecule has 0 fully saturated rings. The minimum Gasteiger partial charge on any atom is -0.423 e. The number of alkyl halides is 2. The largest absolute Gasteiger partial charge is 0.423 e. The van der Waals surface area contributed by atoms with Crippen LogP contribution in [0.1, 0.15) is 29.5 Å². The normalized spacial score (nSPS) is 14.4. The van der Waals surface area contributed by atoms with E-state index in [1.807, 2.05) is 4.90 Å². The summed E-state index contributed by atoms with van der Waals surface area (Å²) in [5.41, 5.74) is 1.38. The summed E-state index contributed by atoms with van der Waals surface area (Å²) in [5.74, 6) is 0.421. The summed E-state index contributed by atoms with van der Waals surface area (Å²) in [6, 6.07) is 5.66. The lowest BCUT2D eigenvalue weighted by molar-refractivity contribution is 0.151. The first-order chi connectivity index (χ1) is 14.9. The average molecular weight is 449 g/mol. The maximum absolute atomic E-state index is 13.0. The van der Waals surface area contributed by atoms with Gasteiger partial charge in [0.25, 0.3) is 12.4 Å². The van der Waals surface area contributed by atoms with Gasteiger partial charge in [-0.2, -0.15) is 0 Å². The number of nitrogens with zero attached hydrogens (tertiary/aromatic N) is 3. The van der Waals surface area contributed by atoms with Crippen molar-refractivity contribution >= 4 is 28.5 Å². The number of rotatable bonds is 6. The second-order valence-electron chi connectivity index (χ2n) is 7.18. The molecule has 1 aromatic carbocycles. The summed E-state index contributed by atoms with van der Waals surface area (Å²) in [4.78, 5) is 23.6.